The predicted octanol–water partition coefficient (Wildman–Crippen LogP) is 1.12. The molecule has 1 N–H and O–H groups in total. The van der Waals surface area contributed by atoms with Crippen molar-refractivity contribution in [1.82, 2.24) is 4.90 Å². The molecule has 0 radical (unpaired) electrons. The fourth-order valence-corrected chi connectivity index (χ4v) is 3.34. The van der Waals surface area contributed by atoms with Gasteiger partial charge in [-0.3, -0.25) is 14.4 Å². The summed E-state index contributed by atoms with van der Waals surface area (Å²) in [7, 11) is 1.45. The molecule has 8 heteroatoms. The number of hydrogen-bond donors (Lipinski definition) is 1. The number of rotatable bonds is 5. The number of carbonyl (C=O) groups is 3. The standard InChI is InChI=1S/C18H21N3O5/c1-26-12-18(17(24)25)9-10-20(11-18)16(23)14-7-8-15(22)21(19-14)13-5-3-2-4-6-13/h2-6H,7-12H2,1H3,(H,24,25). The number of carboxylic acids is 1. The van der Waals surface area contributed by atoms with Crippen LogP contribution in [0.1, 0.15) is 19.3 Å². The maximum atomic E-state index is 12.8. The molecule has 0 spiro atoms. The normalized spacial score (nSPS) is 23.1. The molecular formula is C18H21N3O5. The Bertz CT molecular complexity index is 748. The third-order valence-corrected chi connectivity index (χ3v) is 4.80. The van der Waals surface area contributed by atoms with Crippen molar-refractivity contribution in [3.63, 3.8) is 0 Å². The van der Waals surface area contributed by atoms with Gasteiger partial charge in [0.2, 0.25) is 5.91 Å². The Kier molecular flexibility index (Phi) is 5.03. The maximum Gasteiger partial charge on any atom is 0.313 e. The van der Waals surface area contributed by atoms with E-state index in [1.54, 1.807) is 24.3 Å². The molecule has 3 rings (SSSR count). The van der Waals surface area contributed by atoms with Crippen LogP contribution < -0.4 is 5.01 Å². The van der Waals surface area contributed by atoms with E-state index in [-0.39, 0.29) is 43.5 Å². The number of nitrogens with zero attached hydrogens (tertiary/aromatic N) is 3. The van der Waals surface area contributed by atoms with E-state index in [2.05, 4.69) is 5.10 Å². The third kappa shape index (κ3) is 3.32. The lowest BCUT2D eigenvalue weighted by atomic mass is 9.88. The zero-order valence-corrected chi connectivity index (χ0v) is 14.6. The molecule has 0 aliphatic carbocycles. The highest BCUT2D eigenvalue weighted by atomic mass is 16.5. The molecule has 2 aliphatic rings. The van der Waals surface area contributed by atoms with Crippen LogP contribution in [-0.4, -0.2) is 60.3 Å². The zero-order valence-electron chi connectivity index (χ0n) is 14.6. The molecule has 1 aromatic rings. The molecule has 1 atom stereocenters. The Labute approximate surface area is 151 Å². The van der Waals surface area contributed by atoms with E-state index in [1.807, 2.05) is 6.07 Å². The topological polar surface area (TPSA) is 99.5 Å². The lowest BCUT2D eigenvalue weighted by Gasteiger charge is -2.26. The minimum atomic E-state index is -1.09. The molecule has 2 heterocycles. The summed E-state index contributed by atoms with van der Waals surface area (Å²) in [6.45, 7) is 0.452. The lowest BCUT2D eigenvalue weighted by Crippen LogP contribution is -2.44. The molecule has 0 saturated carbocycles. The second kappa shape index (κ2) is 7.25. The van der Waals surface area contributed by atoms with Gasteiger partial charge in [0.05, 0.1) is 12.3 Å². The Balaban J connectivity index is 1.79. The van der Waals surface area contributed by atoms with Crippen LogP contribution in [0.15, 0.2) is 35.4 Å². The van der Waals surface area contributed by atoms with E-state index < -0.39 is 11.4 Å². The fraction of sp³-hybridized carbons (Fsp3) is 0.444. The summed E-state index contributed by atoms with van der Waals surface area (Å²) in [4.78, 5) is 38.1. The van der Waals surface area contributed by atoms with Gasteiger partial charge in [0, 0.05) is 33.0 Å². The van der Waals surface area contributed by atoms with Gasteiger partial charge in [0.1, 0.15) is 11.1 Å². The monoisotopic (exact) mass is 359 g/mol. The lowest BCUT2D eigenvalue weighted by molar-refractivity contribution is -0.151. The van der Waals surface area contributed by atoms with E-state index in [1.165, 1.54) is 17.0 Å². The maximum absolute atomic E-state index is 12.8. The quantitative estimate of drug-likeness (QED) is 0.849. The molecule has 2 aliphatic heterocycles. The van der Waals surface area contributed by atoms with Crippen LogP contribution in [0.3, 0.4) is 0 Å². The van der Waals surface area contributed by atoms with Crippen molar-refractivity contribution in [1.29, 1.82) is 0 Å². The number of hydrogen-bond acceptors (Lipinski definition) is 5. The first kappa shape index (κ1) is 18.1. The van der Waals surface area contributed by atoms with Crippen LogP contribution in [0.5, 0.6) is 0 Å². The number of benzene rings is 1. The highest BCUT2D eigenvalue weighted by Crippen LogP contribution is 2.32. The Morgan fingerprint density at radius 1 is 1.27 bits per heavy atom. The van der Waals surface area contributed by atoms with Crippen molar-refractivity contribution < 1.29 is 24.2 Å². The SMILES string of the molecule is COCC1(C(=O)O)CCN(C(=O)C2=NN(c3ccccc3)C(=O)CC2)C1. The van der Waals surface area contributed by atoms with E-state index in [4.69, 9.17) is 4.74 Å². The molecule has 1 fully saturated rings. The third-order valence-electron chi connectivity index (χ3n) is 4.80. The summed E-state index contributed by atoms with van der Waals surface area (Å²) in [5, 5.41) is 15.0. The number of aliphatic carboxylic acids is 1. The number of para-hydroxylation sites is 1. The largest absolute Gasteiger partial charge is 0.481 e. The first-order valence-corrected chi connectivity index (χ1v) is 8.44. The summed E-state index contributed by atoms with van der Waals surface area (Å²) in [6.07, 6.45) is 0.772. The number of anilines is 1. The molecule has 2 amide bonds. The van der Waals surface area contributed by atoms with Gasteiger partial charge in [-0.05, 0) is 18.6 Å². The Morgan fingerprint density at radius 3 is 2.65 bits per heavy atom. The molecule has 8 nitrogen and oxygen atoms in total. The van der Waals surface area contributed by atoms with Crippen LogP contribution >= 0.6 is 0 Å². The van der Waals surface area contributed by atoms with Gasteiger partial charge in [-0.25, -0.2) is 5.01 Å². The van der Waals surface area contributed by atoms with Gasteiger partial charge in [-0.1, -0.05) is 18.2 Å². The van der Waals surface area contributed by atoms with Gasteiger partial charge in [-0.2, -0.15) is 5.10 Å². The van der Waals surface area contributed by atoms with Gasteiger partial charge in [0.25, 0.3) is 5.91 Å². The van der Waals surface area contributed by atoms with Crippen molar-refractivity contribution in [2.45, 2.75) is 19.3 Å². The first-order valence-electron chi connectivity index (χ1n) is 8.44. The highest BCUT2D eigenvalue weighted by molar-refractivity contribution is 6.40. The molecule has 0 aromatic heterocycles. The number of likely N-dealkylation sites (tertiary alicyclic amines) is 1. The second-order valence-corrected chi connectivity index (χ2v) is 6.58. The van der Waals surface area contributed by atoms with Crippen LogP contribution in [0.2, 0.25) is 0 Å². The summed E-state index contributed by atoms with van der Waals surface area (Å²) in [5.41, 5.74) is -0.218. The van der Waals surface area contributed by atoms with Crippen LogP contribution in [0.25, 0.3) is 0 Å². The molecular weight excluding hydrogens is 338 g/mol. The number of methoxy groups -OCH3 is 1. The first-order chi connectivity index (χ1) is 12.5. The highest BCUT2D eigenvalue weighted by Gasteiger charge is 2.47. The Morgan fingerprint density at radius 2 is 2.00 bits per heavy atom. The van der Waals surface area contributed by atoms with Crippen molar-refractivity contribution in [3.05, 3.63) is 30.3 Å². The summed E-state index contributed by atoms with van der Waals surface area (Å²) < 4.78 is 5.05. The zero-order chi connectivity index (χ0) is 18.7. The summed E-state index contributed by atoms with van der Waals surface area (Å²) in [5.74, 6) is -1.47. The smallest absolute Gasteiger partial charge is 0.313 e. The molecule has 1 aromatic carbocycles. The van der Waals surface area contributed by atoms with Gasteiger partial charge < -0.3 is 14.7 Å². The van der Waals surface area contributed by atoms with Crippen LogP contribution in [0, 0.1) is 5.41 Å². The van der Waals surface area contributed by atoms with E-state index in [0.717, 1.165) is 0 Å². The summed E-state index contributed by atoms with van der Waals surface area (Å²) in [6, 6.07) is 8.91. The molecule has 138 valence electrons. The van der Waals surface area contributed by atoms with Gasteiger partial charge in [-0.15, -0.1) is 0 Å². The van der Waals surface area contributed by atoms with Gasteiger partial charge >= 0.3 is 5.97 Å². The second-order valence-electron chi connectivity index (χ2n) is 6.58. The number of ether oxygens (including phenoxy) is 1. The van der Waals surface area contributed by atoms with E-state index >= 15 is 0 Å². The van der Waals surface area contributed by atoms with Crippen molar-refractivity contribution in [2.24, 2.45) is 10.5 Å². The van der Waals surface area contributed by atoms with Crippen LogP contribution in [-0.2, 0) is 19.1 Å². The van der Waals surface area contributed by atoms with Crippen LogP contribution in [0.4, 0.5) is 5.69 Å². The van der Waals surface area contributed by atoms with Crippen molar-refractivity contribution in [3.8, 4) is 0 Å². The number of carbonyl (C=O) groups excluding carboxylic acids is 2. The van der Waals surface area contributed by atoms with E-state index in [9.17, 15) is 19.5 Å². The summed E-state index contributed by atoms with van der Waals surface area (Å²) >= 11 is 0. The number of hydrazone groups is 1. The fourth-order valence-electron chi connectivity index (χ4n) is 3.34. The minimum absolute atomic E-state index is 0.0488. The average Bonchev–Trinajstić information content (AvgIpc) is 3.08. The number of amides is 2. The predicted molar refractivity (Wildman–Crippen MR) is 93.7 cm³/mol. The van der Waals surface area contributed by atoms with Crippen molar-refractivity contribution in [2.75, 3.05) is 31.8 Å². The molecule has 0 bridgehead atoms. The molecule has 1 unspecified atom stereocenters. The molecule has 1 saturated heterocycles. The van der Waals surface area contributed by atoms with E-state index in [0.29, 0.717) is 18.7 Å². The average molecular weight is 359 g/mol. The molecule has 26 heavy (non-hydrogen) atoms. The Hall–Kier alpha value is -2.74. The number of carboxylic acid groups (broad SMARTS) is 1. The van der Waals surface area contributed by atoms with Crippen molar-refractivity contribution >= 4 is 29.2 Å². The van der Waals surface area contributed by atoms with Gasteiger partial charge in [0.15, 0.2) is 0 Å². The minimum Gasteiger partial charge on any atom is -0.481 e.